The molecule has 0 bridgehead atoms. The van der Waals surface area contributed by atoms with Crippen molar-refractivity contribution in [2.24, 2.45) is 5.11 Å². The number of ether oxygens (including phenoxy) is 2. The van der Waals surface area contributed by atoms with E-state index < -0.39 is 18.1 Å². The van der Waals surface area contributed by atoms with E-state index in [-0.39, 0.29) is 6.61 Å². The summed E-state index contributed by atoms with van der Waals surface area (Å²) in [6.45, 7) is 3.82. The summed E-state index contributed by atoms with van der Waals surface area (Å²) in [7, 11) is 0. The van der Waals surface area contributed by atoms with Crippen molar-refractivity contribution in [3.05, 3.63) is 46.3 Å². The molecule has 0 radical (unpaired) electrons. The Morgan fingerprint density at radius 3 is 2.65 bits per heavy atom. The minimum Gasteiger partial charge on any atom is -0.460 e. The van der Waals surface area contributed by atoms with Crippen LogP contribution in [0.15, 0.2) is 35.4 Å². The zero-order valence-electron chi connectivity index (χ0n) is 11.7. The molecule has 6 heteroatoms. The Kier molecular flexibility index (Phi) is 7.17. The second-order valence-corrected chi connectivity index (χ2v) is 4.33. The van der Waals surface area contributed by atoms with Gasteiger partial charge in [0.15, 0.2) is 0 Å². The van der Waals surface area contributed by atoms with E-state index >= 15 is 0 Å². The fraction of sp³-hybridized carbons (Fsp3) is 0.500. The number of carbonyl (C=O) groups excluding carboxylic acids is 1. The number of hydrogen-bond donors (Lipinski definition) is 0. The van der Waals surface area contributed by atoms with Crippen molar-refractivity contribution in [2.45, 2.75) is 39.0 Å². The van der Waals surface area contributed by atoms with Crippen LogP contribution in [0.25, 0.3) is 10.4 Å². The Labute approximate surface area is 118 Å². The van der Waals surface area contributed by atoms with Gasteiger partial charge in [-0.25, -0.2) is 0 Å². The van der Waals surface area contributed by atoms with Crippen molar-refractivity contribution in [1.29, 1.82) is 0 Å². The van der Waals surface area contributed by atoms with Crippen LogP contribution in [0.2, 0.25) is 0 Å². The lowest BCUT2D eigenvalue weighted by Gasteiger charge is -2.22. The van der Waals surface area contributed by atoms with Crippen LogP contribution in [0.1, 0.15) is 25.8 Å². The topological polar surface area (TPSA) is 84.3 Å². The predicted octanol–water partition coefficient (Wildman–Crippen LogP) is 3.22. The molecule has 2 atom stereocenters. The van der Waals surface area contributed by atoms with Gasteiger partial charge in [-0.3, -0.25) is 4.79 Å². The first kappa shape index (κ1) is 16.0. The van der Waals surface area contributed by atoms with E-state index in [0.717, 1.165) is 5.56 Å². The molecule has 108 valence electrons. The standard InChI is InChI=1S/C14H19N3O3/c1-3-13(16-17-15)14(20-11(2)18)10-19-9-12-7-5-4-6-8-12/h4-8,13-14H,3,9-10H2,1-2H3/t13-,14-/m0/s1. The summed E-state index contributed by atoms with van der Waals surface area (Å²) in [5, 5.41) is 3.65. The van der Waals surface area contributed by atoms with Crippen LogP contribution >= 0.6 is 0 Å². The van der Waals surface area contributed by atoms with E-state index in [1.807, 2.05) is 37.3 Å². The van der Waals surface area contributed by atoms with Crippen LogP contribution in [0.5, 0.6) is 0 Å². The number of hydrogen-bond acceptors (Lipinski definition) is 4. The molecular formula is C14H19N3O3. The quantitative estimate of drug-likeness (QED) is 0.316. The van der Waals surface area contributed by atoms with E-state index in [1.165, 1.54) is 6.92 Å². The molecule has 20 heavy (non-hydrogen) atoms. The van der Waals surface area contributed by atoms with Gasteiger partial charge in [0.25, 0.3) is 0 Å². The lowest BCUT2D eigenvalue weighted by molar-refractivity contribution is -0.151. The van der Waals surface area contributed by atoms with E-state index in [9.17, 15) is 4.79 Å². The third kappa shape index (κ3) is 5.73. The molecule has 0 spiro atoms. The maximum atomic E-state index is 11.1. The second-order valence-electron chi connectivity index (χ2n) is 4.33. The fourth-order valence-electron chi connectivity index (χ4n) is 1.79. The molecule has 0 aromatic heterocycles. The second kappa shape index (κ2) is 8.96. The lowest BCUT2D eigenvalue weighted by Crippen LogP contribution is -2.33. The molecule has 0 amide bonds. The molecule has 0 N–H and O–H groups in total. The molecule has 0 unspecified atom stereocenters. The van der Waals surface area contributed by atoms with E-state index in [1.54, 1.807) is 0 Å². The highest BCUT2D eigenvalue weighted by molar-refractivity contribution is 5.66. The van der Waals surface area contributed by atoms with Crippen LogP contribution in [0, 0.1) is 0 Å². The first-order valence-corrected chi connectivity index (χ1v) is 6.50. The molecule has 0 saturated heterocycles. The zero-order chi connectivity index (χ0) is 14.8. The zero-order valence-corrected chi connectivity index (χ0v) is 11.7. The number of esters is 1. The highest BCUT2D eigenvalue weighted by Gasteiger charge is 2.22. The number of carbonyl (C=O) groups is 1. The van der Waals surface area contributed by atoms with E-state index in [2.05, 4.69) is 10.0 Å². The Morgan fingerprint density at radius 2 is 2.10 bits per heavy atom. The summed E-state index contributed by atoms with van der Waals surface area (Å²) >= 11 is 0. The summed E-state index contributed by atoms with van der Waals surface area (Å²) in [6.07, 6.45) is 0.0218. The third-order valence-corrected chi connectivity index (χ3v) is 2.76. The van der Waals surface area contributed by atoms with Gasteiger partial charge in [0.1, 0.15) is 6.10 Å². The summed E-state index contributed by atoms with van der Waals surface area (Å²) in [6, 6.07) is 9.27. The van der Waals surface area contributed by atoms with E-state index in [4.69, 9.17) is 15.0 Å². The van der Waals surface area contributed by atoms with Gasteiger partial charge in [-0.15, -0.1) is 0 Å². The Morgan fingerprint density at radius 1 is 1.40 bits per heavy atom. The lowest BCUT2D eigenvalue weighted by atomic mass is 10.1. The molecule has 0 heterocycles. The average molecular weight is 277 g/mol. The maximum Gasteiger partial charge on any atom is 0.302 e. The Balaban J connectivity index is 2.55. The normalized spacial score (nSPS) is 13.1. The van der Waals surface area contributed by atoms with Gasteiger partial charge in [-0.1, -0.05) is 42.4 Å². The van der Waals surface area contributed by atoms with Crippen LogP contribution in [-0.4, -0.2) is 24.7 Å². The van der Waals surface area contributed by atoms with Crippen molar-refractivity contribution < 1.29 is 14.3 Å². The molecule has 0 saturated carbocycles. The van der Waals surface area contributed by atoms with Crippen molar-refractivity contribution >= 4 is 5.97 Å². The molecule has 6 nitrogen and oxygen atoms in total. The number of benzene rings is 1. The van der Waals surface area contributed by atoms with Gasteiger partial charge in [0.2, 0.25) is 0 Å². The third-order valence-electron chi connectivity index (χ3n) is 2.76. The molecule has 1 aromatic rings. The Hall–Kier alpha value is -2.04. The Bertz CT molecular complexity index is 458. The highest BCUT2D eigenvalue weighted by atomic mass is 16.6. The van der Waals surface area contributed by atoms with Crippen molar-refractivity contribution in [3.63, 3.8) is 0 Å². The molecule has 0 aliphatic heterocycles. The molecule has 1 aromatic carbocycles. The van der Waals surface area contributed by atoms with Crippen LogP contribution < -0.4 is 0 Å². The summed E-state index contributed by atoms with van der Waals surface area (Å²) in [5.74, 6) is -0.412. The van der Waals surface area contributed by atoms with Gasteiger partial charge >= 0.3 is 5.97 Å². The first-order valence-electron chi connectivity index (χ1n) is 6.50. The average Bonchev–Trinajstić information content (AvgIpc) is 2.44. The van der Waals surface area contributed by atoms with Crippen molar-refractivity contribution in [1.82, 2.24) is 0 Å². The van der Waals surface area contributed by atoms with Crippen LogP contribution in [0.4, 0.5) is 0 Å². The number of nitrogens with zero attached hydrogens (tertiary/aromatic N) is 3. The SMILES string of the molecule is CC[C@H](N=[N+]=[N-])[C@H](COCc1ccccc1)OC(C)=O. The summed E-state index contributed by atoms with van der Waals surface area (Å²) in [5.41, 5.74) is 9.56. The van der Waals surface area contributed by atoms with Gasteiger partial charge in [0, 0.05) is 11.8 Å². The predicted molar refractivity (Wildman–Crippen MR) is 74.9 cm³/mol. The van der Waals surface area contributed by atoms with Gasteiger partial charge in [0.05, 0.1) is 19.3 Å². The molecule has 0 fully saturated rings. The summed E-state index contributed by atoms with van der Waals surface area (Å²) in [4.78, 5) is 13.9. The van der Waals surface area contributed by atoms with E-state index in [0.29, 0.717) is 13.0 Å². The van der Waals surface area contributed by atoms with Crippen molar-refractivity contribution in [2.75, 3.05) is 6.61 Å². The van der Waals surface area contributed by atoms with Gasteiger partial charge in [-0.2, -0.15) is 0 Å². The van der Waals surface area contributed by atoms with Gasteiger partial charge < -0.3 is 9.47 Å². The van der Waals surface area contributed by atoms with Crippen molar-refractivity contribution in [3.8, 4) is 0 Å². The van der Waals surface area contributed by atoms with Crippen LogP contribution in [-0.2, 0) is 20.9 Å². The number of rotatable bonds is 8. The first-order chi connectivity index (χ1) is 9.67. The minimum absolute atomic E-state index is 0.200. The molecule has 0 aliphatic rings. The fourth-order valence-corrected chi connectivity index (χ4v) is 1.79. The highest BCUT2D eigenvalue weighted by Crippen LogP contribution is 2.11. The largest absolute Gasteiger partial charge is 0.460 e. The minimum atomic E-state index is -0.558. The molecular weight excluding hydrogens is 258 g/mol. The molecule has 1 rings (SSSR count). The van der Waals surface area contributed by atoms with Crippen LogP contribution in [0.3, 0.4) is 0 Å². The number of azide groups is 1. The smallest absolute Gasteiger partial charge is 0.302 e. The van der Waals surface area contributed by atoms with Gasteiger partial charge in [-0.05, 0) is 17.5 Å². The summed E-state index contributed by atoms with van der Waals surface area (Å²) < 4.78 is 10.7. The molecule has 0 aliphatic carbocycles. The maximum absolute atomic E-state index is 11.1. The monoisotopic (exact) mass is 277 g/mol.